The number of aromatic carboxylic acids is 1. The van der Waals surface area contributed by atoms with Crippen molar-refractivity contribution in [3.8, 4) is 22.8 Å². The minimum Gasteiger partial charge on any atom is -0.476 e. The summed E-state index contributed by atoms with van der Waals surface area (Å²) in [6.45, 7) is 6.96. The number of rotatable bonds is 4. The van der Waals surface area contributed by atoms with Gasteiger partial charge in [0.2, 0.25) is 5.69 Å². The topological polar surface area (TPSA) is 92.5 Å². The van der Waals surface area contributed by atoms with Gasteiger partial charge >= 0.3 is 5.97 Å². The highest BCUT2D eigenvalue weighted by Gasteiger charge is 2.16. The second-order valence-electron chi connectivity index (χ2n) is 4.59. The smallest absolute Gasteiger partial charge is 0.359 e. The first-order valence-corrected chi connectivity index (χ1v) is 6.57. The number of carboxylic acids is 1. The van der Waals surface area contributed by atoms with Crippen molar-refractivity contribution in [1.29, 1.82) is 0 Å². The number of carboxylic acid groups (broad SMARTS) is 1. The maximum Gasteiger partial charge on any atom is 0.359 e. The third kappa shape index (κ3) is 3.01. The molecule has 1 aromatic heterocycles. The molecule has 0 unspecified atom stereocenters. The Labute approximate surface area is 131 Å². The zero-order valence-electron chi connectivity index (χ0n) is 11.7. The van der Waals surface area contributed by atoms with Crippen LogP contribution in [0.2, 0.25) is 0 Å². The molecule has 0 atom stereocenters. The van der Waals surface area contributed by atoms with Gasteiger partial charge in [-0.2, -0.15) is 0 Å². The van der Waals surface area contributed by atoms with Gasteiger partial charge in [0.25, 0.3) is 5.88 Å². The van der Waals surface area contributed by atoms with E-state index in [0.29, 0.717) is 11.4 Å². The van der Waals surface area contributed by atoms with Crippen LogP contribution in [-0.2, 0) is 0 Å². The molecule has 7 nitrogen and oxygen atoms in total. The van der Waals surface area contributed by atoms with Crippen LogP contribution in [0.15, 0.2) is 48.5 Å². The normalized spacial score (nSPS) is 10.0. The number of hydrogen-bond acceptors (Lipinski definition) is 4. The summed E-state index contributed by atoms with van der Waals surface area (Å²) in [6.07, 6.45) is 0. The van der Waals surface area contributed by atoms with E-state index in [1.54, 1.807) is 30.3 Å². The fourth-order valence-corrected chi connectivity index (χ4v) is 2.01. The zero-order chi connectivity index (χ0) is 16.2. The van der Waals surface area contributed by atoms with Crippen LogP contribution < -0.4 is 4.74 Å². The van der Waals surface area contributed by atoms with Crippen LogP contribution in [0.25, 0.3) is 16.0 Å². The van der Waals surface area contributed by atoms with E-state index in [1.807, 2.05) is 18.2 Å². The molecule has 23 heavy (non-hydrogen) atoms. The summed E-state index contributed by atoms with van der Waals surface area (Å²) < 4.78 is 5.48. The molecular formula is C16H10N4O3. The molecule has 0 aliphatic carbocycles. The van der Waals surface area contributed by atoms with Crippen molar-refractivity contribution >= 4 is 11.7 Å². The Hall–Kier alpha value is -3.66. The summed E-state index contributed by atoms with van der Waals surface area (Å²) in [5, 5.41) is 18.3. The molecule has 7 heteroatoms. The number of ether oxygens (including phenoxy) is 1. The number of aromatic nitrogens is 3. The van der Waals surface area contributed by atoms with Gasteiger partial charge in [-0.1, -0.05) is 46.7 Å². The molecule has 0 saturated carbocycles. The van der Waals surface area contributed by atoms with Crippen LogP contribution in [0.5, 0.6) is 11.6 Å². The van der Waals surface area contributed by atoms with E-state index in [-0.39, 0.29) is 11.6 Å². The molecule has 112 valence electrons. The zero-order valence-corrected chi connectivity index (χ0v) is 11.7. The molecule has 0 aliphatic heterocycles. The first kappa shape index (κ1) is 14.3. The van der Waals surface area contributed by atoms with Crippen LogP contribution in [0, 0.1) is 6.57 Å². The van der Waals surface area contributed by atoms with Crippen molar-refractivity contribution in [1.82, 2.24) is 15.4 Å². The van der Waals surface area contributed by atoms with Gasteiger partial charge in [0.05, 0.1) is 6.57 Å². The Kier molecular flexibility index (Phi) is 3.72. The highest BCUT2D eigenvalue weighted by Crippen LogP contribution is 2.28. The Morgan fingerprint density at radius 3 is 2.65 bits per heavy atom. The summed E-state index contributed by atoms with van der Waals surface area (Å²) in [4.78, 5) is 14.4. The van der Waals surface area contributed by atoms with Gasteiger partial charge in [0.1, 0.15) is 5.75 Å². The Morgan fingerprint density at radius 1 is 1.17 bits per heavy atom. The molecule has 0 saturated heterocycles. The summed E-state index contributed by atoms with van der Waals surface area (Å²) in [5.41, 5.74) is 2.15. The highest BCUT2D eigenvalue weighted by atomic mass is 16.5. The van der Waals surface area contributed by atoms with Crippen LogP contribution in [-0.4, -0.2) is 26.5 Å². The molecule has 0 fully saturated rings. The summed E-state index contributed by atoms with van der Waals surface area (Å²) in [7, 11) is 0. The van der Waals surface area contributed by atoms with E-state index in [9.17, 15) is 4.79 Å². The van der Waals surface area contributed by atoms with Gasteiger partial charge in [-0.05, 0) is 23.3 Å². The summed E-state index contributed by atoms with van der Waals surface area (Å²) in [6, 6.07) is 14.3. The fourth-order valence-electron chi connectivity index (χ4n) is 2.01. The predicted molar refractivity (Wildman–Crippen MR) is 81.6 cm³/mol. The lowest BCUT2D eigenvalue weighted by Gasteiger charge is -2.06. The van der Waals surface area contributed by atoms with Crippen molar-refractivity contribution in [2.45, 2.75) is 0 Å². The lowest BCUT2D eigenvalue weighted by atomic mass is 10.1. The number of aromatic amines is 1. The average Bonchev–Trinajstić information content (AvgIpc) is 3.03. The SMILES string of the molecule is [C-]#[N+]c1ccc(-c2cccc(Oc3nn[nH]c3C(=O)O)c2)cc1. The molecule has 0 aliphatic rings. The van der Waals surface area contributed by atoms with Crippen LogP contribution >= 0.6 is 0 Å². The summed E-state index contributed by atoms with van der Waals surface area (Å²) in [5.74, 6) is -0.859. The van der Waals surface area contributed by atoms with Gasteiger partial charge in [-0.25, -0.2) is 14.7 Å². The highest BCUT2D eigenvalue weighted by molar-refractivity contribution is 5.87. The monoisotopic (exact) mass is 306 g/mol. The molecule has 0 amide bonds. The molecule has 2 aromatic carbocycles. The lowest BCUT2D eigenvalue weighted by molar-refractivity contribution is 0.0687. The second kappa shape index (κ2) is 5.99. The molecule has 0 radical (unpaired) electrons. The van der Waals surface area contributed by atoms with Crippen molar-refractivity contribution in [2.75, 3.05) is 0 Å². The van der Waals surface area contributed by atoms with Gasteiger partial charge in [-0.3, -0.25) is 0 Å². The van der Waals surface area contributed by atoms with Crippen LogP contribution in [0.4, 0.5) is 5.69 Å². The molecule has 3 aromatic rings. The number of carbonyl (C=O) groups is 1. The van der Waals surface area contributed by atoms with E-state index in [0.717, 1.165) is 11.1 Å². The van der Waals surface area contributed by atoms with Gasteiger partial charge < -0.3 is 9.84 Å². The first-order chi connectivity index (χ1) is 11.2. The van der Waals surface area contributed by atoms with E-state index in [4.69, 9.17) is 16.4 Å². The van der Waals surface area contributed by atoms with E-state index in [2.05, 4.69) is 20.3 Å². The number of nitrogens with one attached hydrogen (secondary N) is 1. The quantitative estimate of drug-likeness (QED) is 0.719. The third-order valence-electron chi connectivity index (χ3n) is 3.11. The molecule has 1 heterocycles. The predicted octanol–water partition coefficient (Wildman–Crippen LogP) is 3.51. The fraction of sp³-hybridized carbons (Fsp3) is 0. The van der Waals surface area contributed by atoms with Crippen LogP contribution in [0.1, 0.15) is 10.5 Å². The molecule has 2 N–H and O–H groups in total. The maximum absolute atomic E-state index is 11.0. The minimum atomic E-state index is -1.20. The largest absolute Gasteiger partial charge is 0.476 e. The van der Waals surface area contributed by atoms with E-state index in [1.165, 1.54) is 0 Å². The lowest BCUT2D eigenvalue weighted by Crippen LogP contribution is -1.99. The minimum absolute atomic E-state index is 0.0991. The number of benzene rings is 2. The van der Waals surface area contributed by atoms with Gasteiger partial charge in [0, 0.05) is 0 Å². The van der Waals surface area contributed by atoms with Crippen molar-refractivity contribution in [3.63, 3.8) is 0 Å². The first-order valence-electron chi connectivity index (χ1n) is 6.57. The van der Waals surface area contributed by atoms with Crippen molar-refractivity contribution < 1.29 is 14.6 Å². The van der Waals surface area contributed by atoms with Gasteiger partial charge in [-0.15, -0.1) is 0 Å². The molecule has 3 rings (SSSR count). The molecule has 0 spiro atoms. The molecule has 0 bridgehead atoms. The third-order valence-corrected chi connectivity index (χ3v) is 3.11. The Morgan fingerprint density at radius 2 is 1.96 bits per heavy atom. The number of hydrogen-bond donors (Lipinski definition) is 2. The number of H-pyrrole nitrogens is 1. The summed E-state index contributed by atoms with van der Waals surface area (Å²) >= 11 is 0. The Bertz CT molecular complexity index is 894. The molecular weight excluding hydrogens is 296 g/mol. The Balaban J connectivity index is 1.89. The standard InChI is InChI=1S/C16H10N4O3/c1-17-12-7-5-10(6-8-12)11-3-2-4-13(9-11)23-15-14(16(21)22)18-20-19-15/h2-9H,(H,21,22)(H,18,19,20). The van der Waals surface area contributed by atoms with E-state index >= 15 is 0 Å². The van der Waals surface area contributed by atoms with Gasteiger partial charge in [0.15, 0.2) is 5.69 Å². The average molecular weight is 306 g/mol. The number of nitrogens with zero attached hydrogens (tertiary/aromatic N) is 3. The second-order valence-corrected chi connectivity index (χ2v) is 4.59. The van der Waals surface area contributed by atoms with E-state index < -0.39 is 5.97 Å². The van der Waals surface area contributed by atoms with Crippen molar-refractivity contribution in [2.24, 2.45) is 0 Å². The maximum atomic E-state index is 11.0. The van der Waals surface area contributed by atoms with Crippen LogP contribution in [0.3, 0.4) is 0 Å². The van der Waals surface area contributed by atoms with Crippen molar-refractivity contribution in [3.05, 3.63) is 65.6 Å².